The number of nitrogens with zero attached hydrogens (tertiary/aromatic N) is 3. The topological polar surface area (TPSA) is 49.2 Å². The van der Waals surface area contributed by atoms with Crippen molar-refractivity contribution < 1.29 is 9.47 Å². The first-order chi connectivity index (χ1) is 9.78. The Labute approximate surface area is 119 Å². The molecule has 0 aliphatic heterocycles. The molecule has 0 unspecified atom stereocenters. The average Bonchev–Trinajstić information content (AvgIpc) is 2.97. The fourth-order valence-electron chi connectivity index (χ4n) is 1.95. The molecule has 5 nitrogen and oxygen atoms in total. The molecule has 0 spiro atoms. The molecule has 20 heavy (non-hydrogen) atoms. The lowest BCUT2D eigenvalue weighted by Crippen LogP contribution is -2.09. The molecule has 0 bridgehead atoms. The minimum absolute atomic E-state index is 0.451. The van der Waals surface area contributed by atoms with Crippen molar-refractivity contribution in [2.45, 2.75) is 33.5 Å². The van der Waals surface area contributed by atoms with Crippen LogP contribution in [0.15, 0.2) is 30.5 Å². The number of ether oxygens (including phenoxy) is 2. The fraction of sp³-hybridized carbons (Fsp3) is 0.467. The summed E-state index contributed by atoms with van der Waals surface area (Å²) < 4.78 is 12.8. The van der Waals surface area contributed by atoms with E-state index in [1.807, 2.05) is 32.2 Å². The largest absolute Gasteiger partial charge is 0.347 e. The number of rotatable bonds is 7. The van der Waals surface area contributed by atoms with E-state index in [4.69, 9.17) is 9.47 Å². The molecule has 2 aromatic rings. The molecule has 0 aliphatic rings. The molecule has 0 amide bonds. The fourth-order valence-corrected chi connectivity index (χ4v) is 1.95. The molecule has 1 aromatic carbocycles. The Morgan fingerprint density at radius 2 is 1.90 bits per heavy atom. The maximum atomic E-state index is 5.52. The summed E-state index contributed by atoms with van der Waals surface area (Å²) in [5.74, 6) is 0. The summed E-state index contributed by atoms with van der Waals surface area (Å²) in [6, 6.07) is 8.24. The van der Waals surface area contributed by atoms with Crippen molar-refractivity contribution in [1.29, 1.82) is 0 Å². The van der Waals surface area contributed by atoms with E-state index in [1.165, 1.54) is 5.56 Å². The summed E-state index contributed by atoms with van der Waals surface area (Å²) in [5.41, 5.74) is 2.95. The van der Waals surface area contributed by atoms with Crippen LogP contribution in [0.25, 0.3) is 5.69 Å². The van der Waals surface area contributed by atoms with Crippen molar-refractivity contribution in [1.82, 2.24) is 15.0 Å². The molecule has 0 saturated carbocycles. The molecule has 108 valence electrons. The molecule has 2 rings (SSSR count). The lowest BCUT2D eigenvalue weighted by atomic mass is 10.1. The van der Waals surface area contributed by atoms with Crippen LogP contribution in [0.3, 0.4) is 0 Å². The van der Waals surface area contributed by atoms with E-state index in [0.717, 1.165) is 12.1 Å². The second-order valence-corrected chi connectivity index (χ2v) is 4.35. The van der Waals surface area contributed by atoms with Gasteiger partial charge in [-0.3, -0.25) is 0 Å². The smallest absolute Gasteiger partial charge is 0.204 e. The standard InChI is InChI=1S/C15H21N3O2/c1-4-12-8-7-9-13(10-12)18-11-14(16-17-18)15(19-5-2)20-6-3/h7-11,15H,4-6H2,1-3H3. The minimum Gasteiger partial charge on any atom is -0.347 e. The number of hydrogen-bond donors (Lipinski definition) is 0. The zero-order chi connectivity index (χ0) is 14.4. The van der Waals surface area contributed by atoms with Gasteiger partial charge in [0.25, 0.3) is 0 Å². The predicted octanol–water partition coefficient (Wildman–Crippen LogP) is 2.90. The van der Waals surface area contributed by atoms with Gasteiger partial charge in [-0.25, -0.2) is 4.68 Å². The monoisotopic (exact) mass is 275 g/mol. The van der Waals surface area contributed by atoms with Gasteiger partial charge in [0.1, 0.15) is 5.69 Å². The molecule has 0 saturated heterocycles. The lowest BCUT2D eigenvalue weighted by Gasteiger charge is -2.13. The minimum atomic E-state index is -0.451. The first kappa shape index (κ1) is 14.7. The molecule has 0 N–H and O–H groups in total. The molecule has 0 fully saturated rings. The van der Waals surface area contributed by atoms with Crippen LogP contribution in [0.5, 0.6) is 0 Å². The third kappa shape index (κ3) is 3.43. The molecule has 1 heterocycles. The Morgan fingerprint density at radius 1 is 1.15 bits per heavy atom. The highest BCUT2D eigenvalue weighted by Crippen LogP contribution is 2.18. The zero-order valence-corrected chi connectivity index (χ0v) is 12.2. The van der Waals surface area contributed by atoms with E-state index in [0.29, 0.717) is 18.9 Å². The van der Waals surface area contributed by atoms with Crippen LogP contribution in [0, 0.1) is 0 Å². The van der Waals surface area contributed by atoms with Gasteiger partial charge < -0.3 is 9.47 Å². The van der Waals surface area contributed by atoms with E-state index in [1.54, 1.807) is 4.68 Å². The first-order valence-electron chi connectivity index (χ1n) is 7.03. The van der Waals surface area contributed by atoms with Gasteiger partial charge in [-0.15, -0.1) is 5.10 Å². The molecule has 0 atom stereocenters. The van der Waals surface area contributed by atoms with E-state index in [-0.39, 0.29) is 0 Å². The molecular formula is C15H21N3O2. The van der Waals surface area contributed by atoms with Crippen LogP contribution in [0.1, 0.15) is 38.3 Å². The van der Waals surface area contributed by atoms with Gasteiger partial charge in [-0.2, -0.15) is 0 Å². The molecule has 1 aromatic heterocycles. The highest BCUT2D eigenvalue weighted by atomic mass is 16.7. The van der Waals surface area contributed by atoms with Crippen molar-refractivity contribution >= 4 is 0 Å². The van der Waals surface area contributed by atoms with Crippen LogP contribution in [0.2, 0.25) is 0 Å². The number of aryl methyl sites for hydroxylation is 1. The van der Waals surface area contributed by atoms with Crippen molar-refractivity contribution in [2.24, 2.45) is 0 Å². The Hall–Kier alpha value is -1.72. The normalized spacial score (nSPS) is 11.2. The molecular weight excluding hydrogens is 254 g/mol. The van der Waals surface area contributed by atoms with Gasteiger partial charge in [0, 0.05) is 13.2 Å². The Balaban J connectivity index is 2.22. The van der Waals surface area contributed by atoms with Gasteiger partial charge in [0.15, 0.2) is 0 Å². The van der Waals surface area contributed by atoms with E-state index in [9.17, 15) is 0 Å². The van der Waals surface area contributed by atoms with Gasteiger partial charge in [0.2, 0.25) is 6.29 Å². The maximum Gasteiger partial charge on any atom is 0.204 e. The number of benzene rings is 1. The summed E-state index contributed by atoms with van der Waals surface area (Å²) >= 11 is 0. The quantitative estimate of drug-likeness (QED) is 0.729. The second kappa shape index (κ2) is 7.17. The van der Waals surface area contributed by atoms with Crippen LogP contribution < -0.4 is 0 Å². The van der Waals surface area contributed by atoms with Crippen LogP contribution in [-0.4, -0.2) is 28.2 Å². The van der Waals surface area contributed by atoms with Crippen molar-refractivity contribution in [3.8, 4) is 5.69 Å². The van der Waals surface area contributed by atoms with E-state index < -0.39 is 6.29 Å². The van der Waals surface area contributed by atoms with Gasteiger partial charge >= 0.3 is 0 Å². The third-order valence-corrected chi connectivity index (χ3v) is 2.97. The third-order valence-electron chi connectivity index (χ3n) is 2.97. The summed E-state index contributed by atoms with van der Waals surface area (Å²) in [7, 11) is 0. The van der Waals surface area contributed by atoms with Gasteiger partial charge in [0.05, 0.1) is 11.9 Å². The van der Waals surface area contributed by atoms with E-state index in [2.05, 4.69) is 29.4 Å². The van der Waals surface area contributed by atoms with Crippen LogP contribution in [0.4, 0.5) is 0 Å². The second-order valence-electron chi connectivity index (χ2n) is 4.35. The lowest BCUT2D eigenvalue weighted by molar-refractivity contribution is -0.142. The first-order valence-corrected chi connectivity index (χ1v) is 7.03. The Bertz CT molecular complexity index is 533. The zero-order valence-electron chi connectivity index (χ0n) is 12.2. The highest BCUT2D eigenvalue weighted by molar-refractivity contribution is 5.35. The van der Waals surface area contributed by atoms with Crippen molar-refractivity contribution in [3.63, 3.8) is 0 Å². The van der Waals surface area contributed by atoms with Crippen molar-refractivity contribution in [2.75, 3.05) is 13.2 Å². The SMILES string of the molecule is CCOC(OCC)c1cn(-c2cccc(CC)c2)nn1. The van der Waals surface area contributed by atoms with Crippen molar-refractivity contribution in [3.05, 3.63) is 41.7 Å². The Morgan fingerprint density at radius 3 is 2.55 bits per heavy atom. The number of aromatic nitrogens is 3. The molecule has 0 radical (unpaired) electrons. The highest BCUT2D eigenvalue weighted by Gasteiger charge is 2.16. The number of hydrogen-bond acceptors (Lipinski definition) is 4. The predicted molar refractivity (Wildman–Crippen MR) is 76.7 cm³/mol. The van der Waals surface area contributed by atoms with Gasteiger partial charge in [-0.1, -0.05) is 24.3 Å². The average molecular weight is 275 g/mol. The summed E-state index contributed by atoms with van der Waals surface area (Å²) in [6.07, 6.45) is 2.40. The Kier molecular flexibility index (Phi) is 5.26. The summed E-state index contributed by atoms with van der Waals surface area (Å²) in [5, 5.41) is 8.30. The van der Waals surface area contributed by atoms with Crippen LogP contribution in [-0.2, 0) is 15.9 Å². The maximum absolute atomic E-state index is 5.52. The van der Waals surface area contributed by atoms with Gasteiger partial charge in [-0.05, 0) is 38.0 Å². The summed E-state index contributed by atoms with van der Waals surface area (Å²) in [6.45, 7) is 7.14. The molecule has 5 heteroatoms. The molecule has 0 aliphatic carbocycles. The van der Waals surface area contributed by atoms with E-state index >= 15 is 0 Å². The summed E-state index contributed by atoms with van der Waals surface area (Å²) in [4.78, 5) is 0. The van der Waals surface area contributed by atoms with Crippen LogP contribution >= 0.6 is 0 Å².